The van der Waals surface area contributed by atoms with Gasteiger partial charge in [0.1, 0.15) is 5.60 Å². The van der Waals surface area contributed by atoms with Crippen LogP contribution in [0, 0.1) is 6.92 Å². The first-order chi connectivity index (χ1) is 14.1. The number of aryl methyl sites for hydroxylation is 1. The molecule has 0 aliphatic carbocycles. The summed E-state index contributed by atoms with van der Waals surface area (Å²) in [6, 6.07) is 5.08. The Kier molecular flexibility index (Phi) is 5.91. The molecular weight excluding hydrogens is 386 g/mol. The van der Waals surface area contributed by atoms with E-state index in [0.29, 0.717) is 11.3 Å². The second-order valence-electron chi connectivity index (χ2n) is 8.42. The minimum absolute atomic E-state index is 0.0339. The highest BCUT2D eigenvalue weighted by molar-refractivity contribution is 5.99. The maximum Gasteiger partial charge on any atom is 0.417 e. The first-order valence-electron chi connectivity index (χ1n) is 9.88. The van der Waals surface area contributed by atoms with E-state index in [4.69, 9.17) is 4.74 Å². The van der Waals surface area contributed by atoms with E-state index in [2.05, 4.69) is 10.2 Å². The van der Waals surface area contributed by atoms with Gasteiger partial charge in [-0.05, 0) is 46.8 Å². The molecule has 0 radical (unpaired) electrons. The molecule has 30 heavy (non-hydrogen) atoms. The Balaban J connectivity index is 1.87. The summed E-state index contributed by atoms with van der Waals surface area (Å²) in [6.45, 7) is 9.22. The number of carbonyl (C=O) groups excluding carboxylic acids is 3. The van der Waals surface area contributed by atoms with Gasteiger partial charge in [0.15, 0.2) is 0 Å². The number of hydrogen-bond donors (Lipinski definition) is 0. The minimum Gasteiger partial charge on any atom is -0.443 e. The first kappa shape index (κ1) is 21.5. The van der Waals surface area contributed by atoms with Gasteiger partial charge in [-0.15, -0.1) is 0 Å². The molecule has 0 bridgehead atoms. The molecule has 2 heterocycles. The van der Waals surface area contributed by atoms with Crippen LogP contribution in [-0.4, -0.2) is 67.4 Å². The largest absolute Gasteiger partial charge is 0.443 e. The third-order valence-corrected chi connectivity index (χ3v) is 4.76. The van der Waals surface area contributed by atoms with E-state index in [-0.39, 0.29) is 37.4 Å². The first-order valence-corrected chi connectivity index (χ1v) is 9.88. The fraction of sp³-hybridized carbons (Fsp3) is 0.476. The number of carbonyl (C=O) groups is 3. The molecule has 0 saturated carbocycles. The Bertz CT molecular complexity index is 949. The molecule has 1 aliphatic rings. The van der Waals surface area contributed by atoms with Crippen molar-refractivity contribution in [2.45, 2.75) is 52.7 Å². The van der Waals surface area contributed by atoms with Gasteiger partial charge in [-0.2, -0.15) is 15.0 Å². The Labute approximate surface area is 175 Å². The molecule has 1 saturated heterocycles. The smallest absolute Gasteiger partial charge is 0.417 e. The van der Waals surface area contributed by atoms with Gasteiger partial charge >= 0.3 is 6.09 Å². The van der Waals surface area contributed by atoms with Crippen molar-refractivity contribution in [1.82, 2.24) is 24.8 Å². The molecule has 1 aromatic heterocycles. The van der Waals surface area contributed by atoms with E-state index in [1.165, 1.54) is 4.80 Å². The summed E-state index contributed by atoms with van der Waals surface area (Å²) < 4.78 is 5.35. The molecule has 1 fully saturated rings. The minimum atomic E-state index is -0.710. The SMILES string of the molecule is Cc1ccc(-n2nccn2)c(C(=O)N2CCN(C(=O)OC(C)(C)C)C(=O)CC2C)c1. The summed E-state index contributed by atoms with van der Waals surface area (Å²) in [5.74, 6) is -0.595. The molecule has 0 N–H and O–H groups in total. The van der Waals surface area contributed by atoms with E-state index < -0.39 is 11.7 Å². The van der Waals surface area contributed by atoms with Crippen molar-refractivity contribution >= 4 is 17.9 Å². The Morgan fingerprint density at radius 3 is 2.43 bits per heavy atom. The van der Waals surface area contributed by atoms with Crippen LogP contribution in [0.2, 0.25) is 0 Å². The summed E-state index contributed by atoms with van der Waals surface area (Å²) >= 11 is 0. The molecule has 1 aromatic carbocycles. The predicted octanol–water partition coefficient (Wildman–Crippen LogP) is 2.57. The number of ether oxygens (including phenoxy) is 1. The molecule has 3 rings (SSSR count). The molecule has 0 spiro atoms. The van der Waals surface area contributed by atoms with E-state index in [1.807, 2.05) is 13.0 Å². The highest BCUT2D eigenvalue weighted by Crippen LogP contribution is 2.22. The summed E-state index contributed by atoms with van der Waals surface area (Å²) in [5, 5.41) is 8.27. The van der Waals surface area contributed by atoms with Gasteiger partial charge in [0, 0.05) is 25.6 Å². The van der Waals surface area contributed by atoms with Crippen LogP contribution in [0.15, 0.2) is 30.6 Å². The van der Waals surface area contributed by atoms with Crippen molar-refractivity contribution in [3.05, 3.63) is 41.7 Å². The third-order valence-electron chi connectivity index (χ3n) is 4.76. The van der Waals surface area contributed by atoms with E-state index >= 15 is 0 Å². The van der Waals surface area contributed by atoms with Gasteiger partial charge in [-0.25, -0.2) is 9.69 Å². The lowest BCUT2D eigenvalue weighted by atomic mass is 10.1. The lowest BCUT2D eigenvalue weighted by Gasteiger charge is -2.27. The second kappa shape index (κ2) is 8.25. The standard InChI is InChI=1S/C21H27N5O4/c1-14-6-7-17(26-22-8-9-23-26)16(12-14)19(28)24-10-11-25(18(27)13-15(24)2)20(29)30-21(3,4)5/h6-9,12,15H,10-11,13H2,1-5H3. The van der Waals surface area contributed by atoms with Gasteiger partial charge in [0.25, 0.3) is 5.91 Å². The lowest BCUT2D eigenvalue weighted by Crippen LogP contribution is -2.42. The second-order valence-corrected chi connectivity index (χ2v) is 8.42. The summed E-state index contributed by atoms with van der Waals surface area (Å²) in [5.41, 5.74) is 1.21. The van der Waals surface area contributed by atoms with E-state index in [1.54, 1.807) is 57.1 Å². The van der Waals surface area contributed by atoms with Gasteiger partial charge in [0.05, 0.1) is 23.6 Å². The van der Waals surface area contributed by atoms with E-state index in [9.17, 15) is 14.4 Å². The van der Waals surface area contributed by atoms with Crippen molar-refractivity contribution in [2.75, 3.05) is 13.1 Å². The molecule has 1 atom stereocenters. The predicted molar refractivity (Wildman–Crippen MR) is 109 cm³/mol. The van der Waals surface area contributed by atoms with Crippen LogP contribution in [0.25, 0.3) is 5.69 Å². The molecule has 1 aliphatic heterocycles. The molecule has 160 valence electrons. The average Bonchev–Trinajstić information content (AvgIpc) is 3.12. The molecule has 9 heteroatoms. The van der Waals surface area contributed by atoms with Crippen LogP contribution in [-0.2, 0) is 9.53 Å². The molecular formula is C21H27N5O4. The van der Waals surface area contributed by atoms with Crippen LogP contribution >= 0.6 is 0 Å². The quantitative estimate of drug-likeness (QED) is 0.751. The fourth-order valence-electron chi connectivity index (χ4n) is 3.33. The Morgan fingerprint density at radius 1 is 1.13 bits per heavy atom. The lowest BCUT2D eigenvalue weighted by molar-refractivity contribution is -0.129. The summed E-state index contributed by atoms with van der Waals surface area (Å²) in [4.78, 5) is 42.6. The number of rotatable bonds is 2. The highest BCUT2D eigenvalue weighted by atomic mass is 16.6. The van der Waals surface area contributed by atoms with Gasteiger partial charge < -0.3 is 9.64 Å². The number of nitrogens with zero attached hydrogens (tertiary/aromatic N) is 5. The van der Waals surface area contributed by atoms with Crippen LogP contribution < -0.4 is 0 Å². The number of imide groups is 1. The average molecular weight is 413 g/mol. The number of benzene rings is 1. The summed E-state index contributed by atoms with van der Waals surface area (Å²) in [6.07, 6.45) is 2.43. The maximum absolute atomic E-state index is 13.5. The third kappa shape index (κ3) is 4.67. The highest BCUT2D eigenvalue weighted by Gasteiger charge is 2.35. The van der Waals surface area contributed by atoms with Crippen molar-refractivity contribution in [2.24, 2.45) is 0 Å². The zero-order valence-electron chi connectivity index (χ0n) is 18.0. The van der Waals surface area contributed by atoms with Gasteiger partial charge in [-0.1, -0.05) is 11.6 Å². The van der Waals surface area contributed by atoms with Crippen molar-refractivity contribution in [3.63, 3.8) is 0 Å². The monoisotopic (exact) mass is 413 g/mol. The summed E-state index contributed by atoms with van der Waals surface area (Å²) in [7, 11) is 0. The topological polar surface area (TPSA) is 97.6 Å². The maximum atomic E-state index is 13.5. The van der Waals surface area contributed by atoms with Crippen LogP contribution in [0.1, 0.15) is 50.0 Å². The fourth-order valence-corrected chi connectivity index (χ4v) is 3.33. The van der Waals surface area contributed by atoms with Crippen molar-refractivity contribution in [1.29, 1.82) is 0 Å². The Hall–Kier alpha value is -3.23. The van der Waals surface area contributed by atoms with Crippen molar-refractivity contribution in [3.8, 4) is 5.69 Å². The van der Waals surface area contributed by atoms with Gasteiger partial charge in [-0.3, -0.25) is 9.59 Å². The van der Waals surface area contributed by atoms with Gasteiger partial charge in [0.2, 0.25) is 5.91 Å². The molecule has 1 unspecified atom stereocenters. The van der Waals surface area contributed by atoms with Crippen LogP contribution in [0.5, 0.6) is 0 Å². The molecule has 2 aromatic rings. The van der Waals surface area contributed by atoms with E-state index in [0.717, 1.165) is 10.5 Å². The van der Waals surface area contributed by atoms with Crippen LogP contribution in [0.4, 0.5) is 4.79 Å². The zero-order valence-corrected chi connectivity index (χ0v) is 18.0. The zero-order chi connectivity index (χ0) is 22.1. The number of aromatic nitrogens is 3. The number of amides is 3. The molecule has 9 nitrogen and oxygen atoms in total. The molecule has 3 amide bonds. The Morgan fingerprint density at radius 2 is 1.80 bits per heavy atom. The van der Waals surface area contributed by atoms with Crippen molar-refractivity contribution < 1.29 is 19.1 Å². The normalized spacial score (nSPS) is 17.6. The number of hydrogen-bond acceptors (Lipinski definition) is 6. The van der Waals surface area contributed by atoms with Crippen LogP contribution in [0.3, 0.4) is 0 Å².